The average molecular weight is 350 g/mol. The summed E-state index contributed by atoms with van der Waals surface area (Å²) in [7, 11) is 0. The summed E-state index contributed by atoms with van der Waals surface area (Å²) in [6.45, 7) is 4.07. The summed E-state index contributed by atoms with van der Waals surface area (Å²) in [4.78, 5) is 11.7. The van der Waals surface area contributed by atoms with Gasteiger partial charge in [-0.25, -0.2) is 4.79 Å². The molecule has 0 spiro atoms. The van der Waals surface area contributed by atoms with Crippen LogP contribution in [0, 0.1) is 6.92 Å². The lowest BCUT2D eigenvalue weighted by atomic mass is 10.1. The van der Waals surface area contributed by atoms with Gasteiger partial charge in [0.25, 0.3) is 0 Å². The zero-order valence-corrected chi connectivity index (χ0v) is 14.6. The van der Waals surface area contributed by atoms with E-state index < -0.39 is 0 Å². The van der Waals surface area contributed by atoms with Crippen molar-refractivity contribution in [2.75, 3.05) is 5.75 Å². The van der Waals surface area contributed by atoms with Gasteiger partial charge in [-0.15, -0.1) is 10.2 Å². The van der Waals surface area contributed by atoms with Crippen LogP contribution in [0.4, 0.5) is 0 Å². The molecule has 3 rings (SSSR count). The Bertz CT molecular complexity index is 857. The van der Waals surface area contributed by atoms with Crippen LogP contribution in [-0.4, -0.2) is 16.0 Å². The van der Waals surface area contributed by atoms with E-state index in [4.69, 9.17) is 4.42 Å². The van der Waals surface area contributed by atoms with Crippen LogP contribution in [0.1, 0.15) is 18.1 Å². The summed E-state index contributed by atoms with van der Waals surface area (Å²) in [5.41, 5.74) is 2.37. The van der Waals surface area contributed by atoms with E-state index in [9.17, 15) is 4.79 Å². The highest BCUT2D eigenvalue weighted by Gasteiger charge is 2.09. The summed E-state index contributed by atoms with van der Waals surface area (Å²) in [5.74, 6) is 1.67. The molecule has 0 bridgehead atoms. The normalized spacial score (nSPS) is 11.2. The number of nitrogens with zero attached hydrogens (tertiary/aromatic N) is 2. The Morgan fingerprint density at radius 1 is 1.18 bits per heavy atom. The molecule has 1 aromatic carbocycles. The Hall–Kier alpha value is -1.31. The summed E-state index contributed by atoms with van der Waals surface area (Å²) in [6.07, 6.45) is 0. The summed E-state index contributed by atoms with van der Waals surface area (Å²) < 4.78 is 7.18. The van der Waals surface area contributed by atoms with Crippen LogP contribution in [0.5, 0.6) is 0 Å². The Balaban J connectivity index is 1.85. The first-order valence-electron chi connectivity index (χ1n) is 6.78. The fourth-order valence-electron chi connectivity index (χ4n) is 2.03. The fraction of sp³-hybridized carbons (Fsp3) is 0.267. The highest BCUT2D eigenvalue weighted by molar-refractivity contribution is 8.02. The molecular weight excluding hydrogens is 336 g/mol. The van der Waals surface area contributed by atoms with E-state index in [-0.39, 0.29) is 5.63 Å². The minimum absolute atomic E-state index is 0.312. The van der Waals surface area contributed by atoms with Crippen molar-refractivity contribution >= 4 is 45.8 Å². The molecule has 4 nitrogen and oxygen atoms in total. The third-order valence-electron chi connectivity index (χ3n) is 2.99. The molecule has 0 amide bonds. The van der Waals surface area contributed by atoms with E-state index in [0.717, 1.165) is 30.9 Å². The minimum Gasteiger partial charge on any atom is -0.423 e. The Labute approximate surface area is 140 Å². The highest BCUT2D eigenvalue weighted by atomic mass is 32.2. The van der Waals surface area contributed by atoms with Crippen LogP contribution < -0.4 is 5.63 Å². The van der Waals surface area contributed by atoms with Crippen molar-refractivity contribution in [2.45, 2.75) is 28.3 Å². The second kappa shape index (κ2) is 6.85. The molecule has 2 heterocycles. The predicted octanol–water partition coefficient (Wildman–Crippen LogP) is 4.36. The Kier molecular flexibility index (Phi) is 4.85. The molecule has 0 atom stereocenters. The number of aromatic nitrogens is 2. The van der Waals surface area contributed by atoms with Crippen LogP contribution in [0.2, 0.25) is 0 Å². The van der Waals surface area contributed by atoms with E-state index in [1.165, 1.54) is 0 Å². The maximum absolute atomic E-state index is 11.7. The van der Waals surface area contributed by atoms with Crippen LogP contribution in [-0.2, 0) is 5.75 Å². The van der Waals surface area contributed by atoms with Crippen LogP contribution in [0.25, 0.3) is 11.0 Å². The topological polar surface area (TPSA) is 56.0 Å². The molecule has 3 aromatic rings. The Morgan fingerprint density at radius 3 is 2.73 bits per heavy atom. The zero-order chi connectivity index (χ0) is 15.5. The molecule has 0 fully saturated rings. The molecule has 2 aromatic heterocycles. The molecule has 0 saturated carbocycles. The first-order chi connectivity index (χ1) is 10.7. The van der Waals surface area contributed by atoms with E-state index in [1.807, 2.05) is 25.1 Å². The summed E-state index contributed by atoms with van der Waals surface area (Å²) in [5, 5.41) is 9.29. The second-order valence-corrected chi connectivity index (χ2v) is 8.36. The van der Waals surface area contributed by atoms with Gasteiger partial charge in [-0.1, -0.05) is 53.9 Å². The summed E-state index contributed by atoms with van der Waals surface area (Å²) >= 11 is 4.88. The largest absolute Gasteiger partial charge is 0.423 e. The number of benzene rings is 1. The van der Waals surface area contributed by atoms with Crippen LogP contribution in [0.15, 0.2) is 42.2 Å². The van der Waals surface area contributed by atoms with Gasteiger partial charge in [-0.2, -0.15) is 0 Å². The van der Waals surface area contributed by atoms with E-state index in [1.54, 1.807) is 40.9 Å². The van der Waals surface area contributed by atoms with Gasteiger partial charge in [0.05, 0.1) is 0 Å². The maximum atomic E-state index is 11.7. The predicted molar refractivity (Wildman–Crippen MR) is 93.1 cm³/mol. The molecule has 0 saturated heterocycles. The van der Waals surface area contributed by atoms with Crippen molar-refractivity contribution in [3.63, 3.8) is 0 Å². The van der Waals surface area contributed by atoms with Crippen molar-refractivity contribution in [1.29, 1.82) is 0 Å². The average Bonchev–Trinajstić information content (AvgIpc) is 2.92. The quantitative estimate of drug-likeness (QED) is 0.503. The molecular formula is C15H14N2O2S3. The third kappa shape index (κ3) is 3.53. The Morgan fingerprint density at radius 2 is 1.95 bits per heavy atom. The fourth-order valence-corrected chi connectivity index (χ4v) is 4.94. The maximum Gasteiger partial charge on any atom is 0.336 e. The molecule has 0 unspecified atom stereocenters. The van der Waals surface area contributed by atoms with Gasteiger partial charge in [-0.05, 0) is 29.9 Å². The van der Waals surface area contributed by atoms with Crippen LogP contribution in [0.3, 0.4) is 0 Å². The number of thioether (sulfide) groups is 2. The molecule has 0 aliphatic heterocycles. The molecule has 22 heavy (non-hydrogen) atoms. The van der Waals surface area contributed by atoms with E-state index in [0.29, 0.717) is 11.3 Å². The minimum atomic E-state index is -0.312. The van der Waals surface area contributed by atoms with Gasteiger partial charge < -0.3 is 4.42 Å². The van der Waals surface area contributed by atoms with Crippen molar-refractivity contribution in [2.24, 2.45) is 0 Å². The lowest BCUT2D eigenvalue weighted by Crippen LogP contribution is -2.00. The smallest absolute Gasteiger partial charge is 0.336 e. The first kappa shape index (κ1) is 15.6. The molecule has 0 N–H and O–H groups in total. The number of fused-ring (bicyclic) bond motifs is 1. The second-order valence-electron chi connectivity index (χ2n) is 4.65. The third-order valence-corrected chi connectivity index (χ3v) is 6.11. The van der Waals surface area contributed by atoms with Crippen LogP contribution >= 0.6 is 34.9 Å². The number of aryl methyl sites for hydroxylation is 1. The highest BCUT2D eigenvalue weighted by Crippen LogP contribution is 2.31. The van der Waals surface area contributed by atoms with Crippen molar-refractivity contribution in [3.8, 4) is 0 Å². The van der Waals surface area contributed by atoms with Gasteiger partial charge in [0.15, 0.2) is 8.68 Å². The molecule has 0 aliphatic carbocycles. The number of hydrogen-bond donors (Lipinski definition) is 0. The monoisotopic (exact) mass is 350 g/mol. The molecule has 0 radical (unpaired) electrons. The van der Waals surface area contributed by atoms with Gasteiger partial charge in [-0.3, -0.25) is 0 Å². The first-order valence-corrected chi connectivity index (χ1v) is 9.57. The molecule has 7 heteroatoms. The number of hydrogen-bond acceptors (Lipinski definition) is 7. The van der Waals surface area contributed by atoms with Crippen molar-refractivity contribution < 1.29 is 4.42 Å². The standard InChI is InChI=1S/C15H14N2O2S3/c1-3-20-14-16-17-15(22-14)21-8-10-7-13(18)19-12-6-9(2)4-5-11(10)12/h4-7H,3,8H2,1-2H3. The van der Waals surface area contributed by atoms with Gasteiger partial charge >= 0.3 is 5.63 Å². The number of rotatable bonds is 5. The zero-order valence-electron chi connectivity index (χ0n) is 12.2. The van der Waals surface area contributed by atoms with E-state index >= 15 is 0 Å². The SMILES string of the molecule is CCSc1nnc(SCc2cc(=O)oc3cc(C)ccc23)s1. The lowest BCUT2D eigenvalue weighted by molar-refractivity contribution is 0.559. The van der Waals surface area contributed by atoms with E-state index in [2.05, 4.69) is 17.1 Å². The summed E-state index contributed by atoms with van der Waals surface area (Å²) in [6, 6.07) is 7.48. The van der Waals surface area contributed by atoms with Gasteiger partial charge in [0, 0.05) is 17.2 Å². The van der Waals surface area contributed by atoms with Crippen molar-refractivity contribution in [3.05, 3.63) is 45.8 Å². The van der Waals surface area contributed by atoms with Gasteiger partial charge in [0.1, 0.15) is 5.58 Å². The lowest BCUT2D eigenvalue weighted by Gasteiger charge is -2.04. The molecule has 114 valence electrons. The van der Waals surface area contributed by atoms with Gasteiger partial charge in [0.2, 0.25) is 0 Å². The molecule has 0 aliphatic rings. The van der Waals surface area contributed by atoms with Crippen molar-refractivity contribution in [1.82, 2.24) is 10.2 Å².